The van der Waals surface area contributed by atoms with Gasteiger partial charge < -0.3 is 9.30 Å². The number of Topliss-reactive ketones (excluding diaryl/α,β-unsaturated/α-hetero) is 1. The van der Waals surface area contributed by atoms with Crippen molar-refractivity contribution in [1.29, 1.82) is 0 Å². The zero-order chi connectivity index (χ0) is 26.6. The number of hydrogen-bond acceptors (Lipinski definition) is 6. The molecule has 194 valence electrons. The normalized spacial score (nSPS) is 16.5. The number of carbonyl (C=O) groups is 1. The lowest BCUT2D eigenvalue weighted by molar-refractivity contribution is -0.107. The third-order valence-electron chi connectivity index (χ3n) is 7.30. The number of aryl methyl sites for hydroxylation is 1. The number of aromatic nitrogens is 2. The molecule has 0 spiro atoms. The molecule has 0 aliphatic carbocycles. The number of hydrogen-bond donors (Lipinski definition) is 0. The zero-order valence-electron chi connectivity index (χ0n) is 21.0. The first-order valence-corrected chi connectivity index (χ1v) is 13.2. The number of halogens is 2. The number of nitrogens with zero attached hydrogens (tertiary/aromatic N) is 5. The summed E-state index contributed by atoms with van der Waals surface area (Å²) in [7, 11) is 1.78. The molecule has 8 nitrogen and oxygen atoms in total. The predicted octanol–water partition coefficient (Wildman–Crippen LogP) is 4.55. The highest BCUT2D eigenvalue weighted by Gasteiger charge is 2.25. The molecule has 1 saturated heterocycles. The first-order valence-electron chi connectivity index (χ1n) is 12.4. The fourth-order valence-corrected chi connectivity index (χ4v) is 5.78. The summed E-state index contributed by atoms with van der Waals surface area (Å²) in [6.45, 7) is 6.36. The Morgan fingerprint density at radius 1 is 0.921 bits per heavy atom. The highest BCUT2D eigenvalue weighted by molar-refractivity contribution is 6.70. The first kappa shape index (κ1) is 25.0. The molecular formula is C28H25Cl2N5O3. The second-order valence-electron chi connectivity index (χ2n) is 9.58. The third-order valence-corrected chi connectivity index (χ3v) is 7.85. The highest BCUT2D eigenvalue weighted by atomic mass is 35.5. The van der Waals surface area contributed by atoms with Crippen molar-refractivity contribution in [3.8, 4) is 11.1 Å². The maximum atomic E-state index is 13.7. The van der Waals surface area contributed by atoms with Gasteiger partial charge in [-0.15, -0.1) is 5.10 Å². The lowest BCUT2D eigenvalue weighted by atomic mass is 10.0. The van der Waals surface area contributed by atoms with E-state index in [9.17, 15) is 9.59 Å². The molecule has 4 aromatic rings. The van der Waals surface area contributed by atoms with E-state index in [1.54, 1.807) is 36.7 Å². The van der Waals surface area contributed by atoms with E-state index in [4.69, 9.17) is 27.9 Å². The summed E-state index contributed by atoms with van der Waals surface area (Å²) in [5.74, 6) is -0.179. The van der Waals surface area contributed by atoms with Crippen LogP contribution in [0.1, 0.15) is 12.5 Å². The van der Waals surface area contributed by atoms with E-state index in [-0.39, 0.29) is 11.3 Å². The molecule has 2 aromatic carbocycles. The molecule has 6 rings (SSSR count). The Bertz CT molecular complexity index is 1750. The molecular weight excluding hydrogens is 525 g/mol. The van der Waals surface area contributed by atoms with Crippen molar-refractivity contribution in [2.75, 3.05) is 32.8 Å². The summed E-state index contributed by atoms with van der Waals surface area (Å²) in [5.41, 5.74) is 4.09. The summed E-state index contributed by atoms with van der Waals surface area (Å²) >= 11 is 12.6. The van der Waals surface area contributed by atoms with Crippen LogP contribution in [-0.2, 0) is 23.1 Å². The molecule has 0 N–H and O–H groups in total. The van der Waals surface area contributed by atoms with Crippen molar-refractivity contribution in [3.05, 3.63) is 68.4 Å². The van der Waals surface area contributed by atoms with Crippen molar-refractivity contribution in [3.63, 3.8) is 0 Å². The van der Waals surface area contributed by atoms with E-state index in [0.29, 0.717) is 44.7 Å². The molecule has 2 aromatic heterocycles. The van der Waals surface area contributed by atoms with Gasteiger partial charge in [0, 0.05) is 65.7 Å². The maximum absolute atomic E-state index is 13.7. The van der Waals surface area contributed by atoms with Crippen LogP contribution in [-0.4, -0.2) is 64.1 Å². The molecule has 0 bridgehead atoms. The van der Waals surface area contributed by atoms with Crippen LogP contribution in [0.5, 0.6) is 0 Å². The van der Waals surface area contributed by atoms with Gasteiger partial charge in [-0.25, -0.2) is 0 Å². The SMILES string of the molecule is CC1=NN=C(c2ccc3c(c2)c2cc(-c4ccc(Cl)cc4Cl)c(=O)n(C)c2n3CCN2CCOCC2)C1=O. The quantitative estimate of drug-likeness (QED) is 0.365. The number of fused-ring (bicyclic) bond motifs is 3. The summed E-state index contributed by atoms with van der Waals surface area (Å²) in [4.78, 5) is 28.7. The van der Waals surface area contributed by atoms with Crippen molar-refractivity contribution in [2.45, 2.75) is 13.5 Å². The molecule has 0 radical (unpaired) electrons. The van der Waals surface area contributed by atoms with Gasteiger partial charge in [-0.3, -0.25) is 19.1 Å². The van der Waals surface area contributed by atoms with Gasteiger partial charge in [0.15, 0.2) is 0 Å². The standard InChI is InChI=1S/C28H25Cl2N5O3/c1-16-26(36)25(32-31-16)17-3-6-24-20(13-17)21-15-22(19-5-4-18(29)14-23(19)30)28(37)33(2)27(21)35(24)8-7-34-9-11-38-12-10-34/h3-6,13-15H,7-12H2,1-2H3. The number of ketones is 1. The molecule has 0 amide bonds. The highest BCUT2D eigenvalue weighted by Crippen LogP contribution is 2.34. The Morgan fingerprint density at radius 3 is 2.42 bits per heavy atom. The number of morpholine rings is 1. The minimum atomic E-state index is -0.179. The molecule has 2 aliphatic rings. The summed E-state index contributed by atoms with van der Waals surface area (Å²) in [6.07, 6.45) is 0. The van der Waals surface area contributed by atoms with Crippen molar-refractivity contribution < 1.29 is 9.53 Å². The van der Waals surface area contributed by atoms with Crippen molar-refractivity contribution in [2.24, 2.45) is 17.3 Å². The maximum Gasteiger partial charge on any atom is 0.259 e. The van der Waals surface area contributed by atoms with E-state index in [1.165, 1.54) is 0 Å². The van der Waals surface area contributed by atoms with Crippen LogP contribution in [0.25, 0.3) is 33.1 Å². The van der Waals surface area contributed by atoms with Crippen molar-refractivity contribution in [1.82, 2.24) is 14.0 Å². The van der Waals surface area contributed by atoms with Crippen LogP contribution >= 0.6 is 23.2 Å². The van der Waals surface area contributed by atoms with Crippen LogP contribution in [0.4, 0.5) is 0 Å². The lowest BCUT2D eigenvalue weighted by Gasteiger charge is -2.27. The van der Waals surface area contributed by atoms with Crippen LogP contribution in [0.3, 0.4) is 0 Å². The third kappa shape index (κ3) is 4.18. The Hall–Kier alpha value is -3.30. The summed E-state index contributed by atoms with van der Waals surface area (Å²) < 4.78 is 9.36. The summed E-state index contributed by atoms with van der Waals surface area (Å²) in [5, 5.41) is 10.8. The van der Waals surface area contributed by atoms with Gasteiger partial charge in [-0.2, -0.15) is 5.10 Å². The van der Waals surface area contributed by atoms with Gasteiger partial charge in [0.2, 0.25) is 5.78 Å². The second kappa shape index (κ2) is 9.78. The number of pyridine rings is 1. The topological polar surface area (TPSA) is 81.2 Å². The zero-order valence-corrected chi connectivity index (χ0v) is 22.5. The Morgan fingerprint density at radius 2 is 1.71 bits per heavy atom. The van der Waals surface area contributed by atoms with E-state index in [1.807, 2.05) is 24.3 Å². The van der Waals surface area contributed by atoms with Gasteiger partial charge >= 0.3 is 0 Å². The van der Waals surface area contributed by atoms with Crippen molar-refractivity contribution >= 4 is 62.3 Å². The van der Waals surface area contributed by atoms with Gasteiger partial charge in [0.1, 0.15) is 17.1 Å². The predicted molar refractivity (Wildman–Crippen MR) is 152 cm³/mol. The van der Waals surface area contributed by atoms with Crippen LogP contribution < -0.4 is 5.56 Å². The van der Waals surface area contributed by atoms with E-state index >= 15 is 0 Å². The summed E-state index contributed by atoms with van der Waals surface area (Å²) in [6, 6.07) is 12.9. The lowest BCUT2D eigenvalue weighted by Crippen LogP contribution is -2.38. The fourth-order valence-electron chi connectivity index (χ4n) is 5.27. The second-order valence-corrected chi connectivity index (χ2v) is 10.4. The molecule has 1 fully saturated rings. The van der Waals surface area contributed by atoms with Crippen LogP contribution in [0, 0.1) is 0 Å². The van der Waals surface area contributed by atoms with E-state index in [2.05, 4.69) is 19.7 Å². The fraction of sp³-hybridized carbons (Fsp3) is 0.286. The Kier molecular flexibility index (Phi) is 6.44. The molecule has 10 heteroatoms. The number of rotatable bonds is 5. The van der Waals surface area contributed by atoms with Gasteiger partial charge in [-0.05, 0) is 37.3 Å². The molecule has 0 saturated carbocycles. The average Bonchev–Trinajstić information content (AvgIpc) is 3.41. The van der Waals surface area contributed by atoms with E-state index < -0.39 is 0 Å². The average molecular weight is 550 g/mol. The van der Waals surface area contributed by atoms with Gasteiger partial charge in [-0.1, -0.05) is 35.3 Å². The Labute approximate surface area is 228 Å². The first-order chi connectivity index (χ1) is 18.3. The van der Waals surface area contributed by atoms with Crippen LogP contribution in [0.2, 0.25) is 10.0 Å². The largest absolute Gasteiger partial charge is 0.379 e. The molecule has 2 aliphatic heterocycles. The number of benzene rings is 2. The molecule has 0 atom stereocenters. The van der Waals surface area contributed by atoms with Crippen LogP contribution in [0.15, 0.2) is 57.5 Å². The van der Waals surface area contributed by atoms with Gasteiger partial charge in [0.25, 0.3) is 5.56 Å². The Balaban J connectivity index is 1.57. The smallest absolute Gasteiger partial charge is 0.259 e. The number of ether oxygens (including phenoxy) is 1. The van der Waals surface area contributed by atoms with E-state index in [0.717, 1.165) is 54.8 Å². The minimum absolute atomic E-state index is 0.156. The molecule has 4 heterocycles. The number of carbonyl (C=O) groups excluding carboxylic acids is 1. The molecule has 38 heavy (non-hydrogen) atoms. The minimum Gasteiger partial charge on any atom is -0.379 e. The molecule has 0 unspecified atom stereocenters. The monoisotopic (exact) mass is 549 g/mol. The van der Waals surface area contributed by atoms with Gasteiger partial charge in [0.05, 0.1) is 23.8 Å².